The van der Waals surface area contributed by atoms with E-state index in [1.165, 1.54) is 0 Å². The number of hydrogen-bond acceptors (Lipinski definition) is 4. The average Bonchev–Trinajstić information content (AvgIpc) is 2.62. The molecule has 0 fully saturated rings. The predicted molar refractivity (Wildman–Crippen MR) is 108 cm³/mol. The van der Waals surface area contributed by atoms with Gasteiger partial charge in [-0.25, -0.2) is 0 Å². The summed E-state index contributed by atoms with van der Waals surface area (Å²) < 4.78 is 5.54. The second-order valence-electron chi connectivity index (χ2n) is 7.80. The van der Waals surface area contributed by atoms with Crippen LogP contribution in [0.2, 0.25) is 0 Å². The van der Waals surface area contributed by atoms with Crippen molar-refractivity contribution in [3.63, 3.8) is 0 Å². The van der Waals surface area contributed by atoms with Gasteiger partial charge in [0.05, 0.1) is 18.7 Å². The summed E-state index contributed by atoms with van der Waals surface area (Å²) in [5, 5.41) is 10.3. The van der Waals surface area contributed by atoms with Gasteiger partial charge in [-0.05, 0) is 38.3 Å². The monoisotopic (exact) mass is 369 g/mol. The number of benzene rings is 2. The zero-order chi connectivity index (χ0) is 19.9. The minimum absolute atomic E-state index is 0.114. The van der Waals surface area contributed by atoms with Crippen LogP contribution in [-0.2, 0) is 9.53 Å². The maximum Gasteiger partial charge on any atom is 0.320 e. The third kappa shape index (κ3) is 6.81. The lowest BCUT2D eigenvalue weighted by atomic mass is 9.96. The van der Waals surface area contributed by atoms with Crippen molar-refractivity contribution in [3.8, 4) is 0 Å². The van der Waals surface area contributed by atoms with Crippen LogP contribution in [0.4, 0.5) is 0 Å². The average molecular weight is 370 g/mol. The van der Waals surface area contributed by atoms with Crippen LogP contribution < -0.4 is 0 Å². The molecule has 1 N–H and O–H groups in total. The summed E-state index contributed by atoms with van der Waals surface area (Å²) in [7, 11) is 0. The van der Waals surface area contributed by atoms with Crippen molar-refractivity contribution in [3.05, 3.63) is 71.8 Å². The third-order valence-corrected chi connectivity index (χ3v) is 4.26. The number of ether oxygens (including phenoxy) is 1. The number of hydrogen-bond donors (Lipinski definition) is 1. The molecule has 2 rings (SSSR count). The van der Waals surface area contributed by atoms with E-state index in [9.17, 15) is 9.90 Å². The summed E-state index contributed by atoms with van der Waals surface area (Å²) in [6, 6.07) is 20.0. The van der Waals surface area contributed by atoms with Gasteiger partial charge in [0.1, 0.15) is 5.60 Å². The highest BCUT2D eigenvalue weighted by atomic mass is 16.6. The molecule has 0 bridgehead atoms. The highest BCUT2D eigenvalue weighted by molar-refractivity contribution is 5.72. The van der Waals surface area contributed by atoms with Gasteiger partial charge in [-0.3, -0.25) is 9.69 Å². The van der Waals surface area contributed by atoms with Crippen LogP contribution in [0.15, 0.2) is 60.7 Å². The van der Waals surface area contributed by atoms with E-state index >= 15 is 0 Å². The fraction of sp³-hybridized carbons (Fsp3) is 0.435. The van der Waals surface area contributed by atoms with Crippen LogP contribution in [0.25, 0.3) is 0 Å². The summed E-state index contributed by atoms with van der Waals surface area (Å²) in [5.41, 5.74) is 1.62. The fourth-order valence-electron chi connectivity index (χ4n) is 3.09. The van der Waals surface area contributed by atoms with Crippen LogP contribution in [0.3, 0.4) is 0 Å². The van der Waals surface area contributed by atoms with E-state index in [1.54, 1.807) is 0 Å². The molecule has 0 amide bonds. The number of rotatable bonds is 8. The van der Waals surface area contributed by atoms with Crippen LogP contribution in [0.5, 0.6) is 0 Å². The van der Waals surface area contributed by atoms with Crippen molar-refractivity contribution in [1.82, 2.24) is 4.90 Å². The predicted octanol–water partition coefficient (Wildman–Crippen LogP) is 4.19. The van der Waals surface area contributed by atoms with Gasteiger partial charge in [0.2, 0.25) is 0 Å². The summed E-state index contributed by atoms with van der Waals surface area (Å²) in [5.74, 6) is -0.289. The minimum Gasteiger partial charge on any atom is -0.459 e. The molecule has 4 nitrogen and oxygen atoms in total. The van der Waals surface area contributed by atoms with Gasteiger partial charge in [0.15, 0.2) is 0 Å². The van der Waals surface area contributed by atoms with Gasteiger partial charge in [0.25, 0.3) is 0 Å². The Morgan fingerprint density at radius 1 is 1.00 bits per heavy atom. The van der Waals surface area contributed by atoms with Crippen LogP contribution >= 0.6 is 0 Å². The first kappa shape index (κ1) is 21.1. The normalized spacial score (nSPS) is 13.0. The summed E-state index contributed by atoms with van der Waals surface area (Å²) in [6.07, 6.45) is 0.114. The molecule has 1 unspecified atom stereocenters. The lowest BCUT2D eigenvalue weighted by molar-refractivity contribution is -0.156. The van der Waals surface area contributed by atoms with Crippen LogP contribution in [0, 0.1) is 0 Å². The molecule has 0 heterocycles. The number of esters is 1. The Bertz CT molecular complexity index is 655. The Morgan fingerprint density at radius 3 is 1.89 bits per heavy atom. The molecule has 4 heteroatoms. The molecule has 146 valence electrons. The molecule has 0 aliphatic carbocycles. The lowest BCUT2D eigenvalue weighted by Crippen LogP contribution is -2.41. The van der Waals surface area contributed by atoms with Crippen molar-refractivity contribution >= 4 is 5.97 Å². The molecule has 0 spiro atoms. The third-order valence-electron chi connectivity index (χ3n) is 4.26. The molecule has 1 atom stereocenters. The Kier molecular flexibility index (Phi) is 7.57. The summed E-state index contributed by atoms with van der Waals surface area (Å²) in [4.78, 5) is 14.6. The molecule has 0 aliphatic rings. The lowest BCUT2D eigenvalue weighted by Gasteiger charge is -2.34. The minimum atomic E-state index is -0.541. The Balaban J connectivity index is 2.38. The van der Waals surface area contributed by atoms with Gasteiger partial charge < -0.3 is 9.84 Å². The molecule has 0 aliphatic heterocycles. The number of aliphatic hydroxyl groups is 1. The van der Waals surface area contributed by atoms with E-state index < -0.39 is 11.7 Å². The molecule has 0 aromatic heterocycles. The van der Waals surface area contributed by atoms with Gasteiger partial charge in [0, 0.05) is 6.54 Å². The number of aliphatic hydroxyl groups excluding tert-OH is 1. The standard InChI is InChI=1S/C23H31NO3/c1-5-20(25)16-24(17-21(26)27-23(2,3)4)22(18-12-8-6-9-13-18)19-14-10-7-11-15-19/h6-15,20,22,25H,5,16-17H2,1-4H3. The molecule has 2 aromatic rings. The van der Waals surface area contributed by atoms with Crippen molar-refractivity contribution in [2.45, 2.75) is 51.9 Å². The van der Waals surface area contributed by atoms with Crippen molar-refractivity contribution in [1.29, 1.82) is 0 Å². The highest BCUT2D eigenvalue weighted by Crippen LogP contribution is 2.29. The van der Waals surface area contributed by atoms with Crippen molar-refractivity contribution in [2.24, 2.45) is 0 Å². The zero-order valence-corrected chi connectivity index (χ0v) is 16.8. The number of carbonyl (C=O) groups excluding carboxylic acids is 1. The molecule has 27 heavy (non-hydrogen) atoms. The summed E-state index contributed by atoms with van der Waals surface area (Å²) in [6.45, 7) is 8.04. The Hall–Kier alpha value is -2.17. The SMILES string of the molecule is CCC(O)CN(CC(=O)OC(C)(C)C)C(c1ccccc1)c1ccccc1. The van der Waals surface area contributed by atoms with Crippen molar-refractivity contribution in [2.75, 3.05) is 13.1 Å². The molecule has 0 radical (unpaired) electrons. The number of nitrogens with zero attached hydrogens (tertiary/aromatic N) is 1. The van der Waals surface area contributed by atoms with E-state index in [2.05, 4.69) is 24.3 Å². The second-order valence-corrected chi connectivity index (χ2v) is 7.80. The van der Waals surface area contributed by atoms with Gasteiger partial charge in [-0.2, -0.15) is 0 Å². The van der Waals surface area contributed by atoms with Gasteiger partial charge in [-0.15, -0.1) is 0 Å². The van der Waals surface area contributed by atoms with Crippen LogP contribution in [0.1, 0.15) is 51.3 Å². The van der Waals surface area contributed by atoms with E-state index in [1.807, 2.05) is 69.0 Å². The second kappa shape index (κ2) is 9.67. The largest absolute Gasteiger partial charge is 0.459 e. The van der Waals surface area contributed by atoms with Gasteiger partial charge in [-0.1, -0.05) is 67.6 Å². The van der Waals surface area contributed by atoms with E-state index in [4.69, 9.17) is 4.74 Å². The van der Waals surface area contributed by atoms with Crippen LogP contribution in [-0.4, -0.2) is 40.8 Å². The fourth-order valence-corrected chi connectivity index (χ4v) is 3.09. The highest BCUT2D eigenvalue weighted by Gasteiger charge is 2.28. The molecule has 0 saturated heterocycles. The van der Waals surface area contributed by atoms with Gasteiger partial charge >= 0.3 is 5.97 Å². The molecular weight excluding hydrogens is 338 g/mol. The summed E-state index contributed by atoms with van der Waals surface area (Å²) >= 11 is 0. The first-order chi connectivity index (χ1) is 12.8. The first-order valence-electron chi connectivity index (χ1n) is 9.54. The first-order valence-corrected chi connectivity index (χ1v) is 9.54. The van der Waals surface area contributed by atoms with E-state index in [0.717, 1.165) is 11.1 Å². The molecular formula is C23H31NO3. The van der Waals surface area contributed by atoms with E-state index in [0.29, 0.717) is 13.0 Å². The maximum atomic E-state index is 12.6. The Labute approximate surface area is 162 Å². The molecule has 0 saturated carbocycles. The number of carbonyl (C=O) groups is 1. The Morgan fingerprint density at radius 2 is 1.48 bits per heavy atom. The quantitative estimate of drug-likeness (QED) is 0.709. The van der Waals surface area contributed by atoms with Crippen molar-refractivity contribution < 1.29 is 14.6 Å². The maximum absolute atomic E-state index is 12.6. The smallest absolute Gasteiger partial charge is 0.320 e. The van der Waals surface area contributed by atoms with E-state index in [-0.39, 0.29) is 18.6 Å². The topological polar surface area (TPSA) is 49.8 Å². The molecule has 2 aromatic carbocycles. The zero-order valence-electron chi connectivity index (χ0n) is 16.8.